The lowest BCUT2D eigenvalue weighted by Crippen LogP contribution is -2.37. The van der Waals surface area contributed by atoms with Crippen molar-refractivity contribution in [1.29, 1.82) is 0 Å². The topological polar surface area (TPSA) is 90.0 Å². The summed E-state index contributed by atoms with van der Waals surface area (Å²) in [5.41, 5.74) is 5.34. The van der Waals surface area contributed by atoms with E-state index in [1.807, 2.05) is 6.92 Å². The Balaban J connectivity index is 0.00000225. The summed E-state index contributed by atoms with van der Waals surface area (Å²) in [4.78, 5) is 3.82. The molecule has 1 aromatic rings. The Hall–Kier alpha value is -0.630. The molecule has 94 valence electrons. The second-order valence-electron chi connectivity index (χ2n) is 3.30. The third-order valence-electron chi connectivity index (χ3n) is 1.96. The molecule has 0 fully saturated rings. The van der Waals surface area contributed by atoms with Gasteiger partial charge in [0.2, 0.25) is 0 Å². The van der Waals surface area contributed by atoms with E-state index in [4.69, 9.17) is 5.73 Å². The molecule has 0 saturated heterocycles. The summed E-state index contributed by atoms with van der Waals surface area (Å²) >= 11 is 0. The first kappa shape index (κ1) is 15.4. The zero-order valence-corrected chi connectivity index (χ0v) is 10.9. The second-order valence-corrected chi connectivity index (χ2v) is 4.96. The Bertz CT molecular complexity index is 417. The first-order valence-corrected chi connectivity index (χ1v) is 6.22. The summed E-state index contributed by atoms with van der Waals surface area (Å²) in [5.74, 6) is 0. The van der Waals surface area contributed by atoms with Gasteiger partial charge in [-0.25, -0.2) is 18.1 Å². The fourth-order valence-electron chi connectivity index (χ4n) is 1.02. The molecule has 8 heteroatoms. The van der Waals surface area contributed by atoms with Gasteiger partial charge in [0.15, 0.2) is 5.03 Å². The molecule has 0 amide bonds. The Morgan fingerprint density at radius 3 is 2.69 bits per heavy atom. The quantitative estimate of drug-likeness (QED) is 0.784. The number of nitrogens with two attached hydrogens (primary N) is 1. The highest BCUT2D eigenvalue weighted by Crippen LogP contribution is 2.05. The third kappa shape index (κ3) is 3.75. The van der Waals surface area contributed by atoms with Crippen LogP contribution in [0.3, 0.4) is 0 Å². The van der Waals surface area contributed by atoms with Crippen LogP contribution in [0.2, 0.25) is 0 Å². The smallest absolute Gasteiger partial charge is 0.259 e. The van der Waals surface area contributed by atoms with Crippen molar-refractivity contribution in [3.63, 3.8) is 0 Å². The maximum Gasteiger partial charge on any atom is 0.259 e. The zero-order chi connectivity index (χ0) is 11.5. The monoisotopic (exact) mass is 268 g/mol. The highest BCUT2D eigenvalue weighted by molar-refractivity contribution is 7.89. The number of sulfonamides is 1. The van der Waals surface area contributed by atoms with Crippen molar-refractivity contribution in [3.8, 4) is 0 Å². The van der Waals surface area contributed by atoms with Gasteiger partial charge in [0.25, 0.3) is 10.0 Å². The van der Waals surface area contributed by atoms with Crippen LogP contribution in [0, 0.1) is 0 Å². The molecule has 0 bridgehead atoms. The first-order valence-electron chi connectivity index (χ1n) is 4.73. The SMILES string of the molecule is CCn1cnc(S(=O)(=O)N[C@@H](C)CN)c1.Cl. The van der Waals surface area contributed by atoms with Gasteiger partial charge in [0.1, 0.15) is 0 Å². The van der Waals surface area contributed by atoms with E-state index in [2.05, 4.69) is 9.71 Å². The normalized spacial score (nSPS) is 13.2. The summed E-state index contributed by atoms with van der Waals surface area (Å²) in [7, 11) is -3.52. The van der Waals surface area contributed by atoms with Crippen LogP contribution in [-0.4, -0.2) is 30.6 Å². The minimum atomic E-state index is -3.52. The molecule has 1 rings (SSSR count). The van der Waals surface area contributed by atoms with E-state index in [9.17, 15) is 8.42 Å². The molecule has 0 aromatic carbocycles. The number of nitrogens with zero attached hydrogens (tertiary/aromatic N) is 2. The molecule has 1 aromatic heterocycles. The van der Waals surface area contributed by atoms with Crippen molar-refractivity contribution < 1.29 is 8.42 Å². The zero-order valence-electron chi connectivity index (χ0n) is 9.25. The van der Waals surface area contributed by atoms with Gasteiger partial charge in [0, 0.05) is 25.3 Å². The summed E-state index contributed by atoms with van der Waals surface area (Å²) in [6.07, 6.45) is 2.98. The molecule has 0 unspecified atom stereocenters. The average molecular weight is 269 g/mol. The Morgan fingerprint density at radius 2 is 2.25 bits per heavy atom. The van der Waals surface area contributed by atoms with Crippen molar-refractivity contribution in [3.05, 3.63) is 12.5 Å². The van der Waals surface area contributed by atoms with Crippen LogP contribution in [0.4, 0.5) is 0 Å². The van der Waals surface area contributed by atoms with Gasteiger partial charge in [-0.1, -0.05) is 0 Å². The van der Waals surface area contributed by atoms with Crippen molar-refractivity contribution in [2.45, 2.75) is 31.5 Å². The molecule has 1 heterocycles. The number of aryl methyl sites for hydroxylation is 1. The van der Waals surface area contributed by atoms with E-state index in [0.717, 1.165) is 0 Å². The second kappa shape index (κ2) is 6.19. The number of nitrogens with one attached hydrogen (secondary N) is 1. The van der Waals surface area contributed by atoms with Crippen molar-refractivity contribution in [2.24, 2.45) is 5.73 Å². The van der Waals surface area contributed by atoms with Crippen LogP contribution in [0.1, 0.15) is 13.8 Å². The third-order valence-corrected chi connectivity index (χ3v) is 3.43. The fraction of sp³-hybridized carbons (Fsp3) is 0.625. The maximum atomic E-state index is 11.7. The van der Waals surface area contributed by atoms with E-state index >= 15 is 0 Å². The van der Waals surface area contributed by atoms with Crippen LogP contribution in [0.15, 0.2) is 17.6 Å². The Labute approximate surface area is 102 Å². The van der Waals surface area contributed by atoms with Crippen LogP contribution in [-0.2, 0) is 16.6 Å². The number of hydrogen-bond donors (Lipinski definition) is 2. The molecule has 6 nitrogen and oxygen atoms in total. The van der Waals surface area contributed by atoms with E-state index < -0.39 is 10.0 Å². The lowest BCUT2D eigenvalue weighted by atomic mass is 10.4. The van der Waals surface area contributed by atoms with E-state index in [-0.39, 0.29) is 30.0 Å². The predicted molar refractivity (Wildman–Crippen MR) is 64.0 cm³/mol. The highest BCUT2D eigenvalue weighted by Gasteiger charge is 2.18. The number of aromatic nitrogens is 2. The van der Waals surface area contributed by atoms with Gasteiger partial charge >= 0.3 is 0 Å². The fourth-order valence-corrected chi connectivity index (χ4v) is 2.23. The first-order chi connectivity index (χ1) is 6.99. The average Bonchev–Trinajstić information content (AvgIpc) is 2.65. The van der Waals surface area contributed by atoms with E-state index in [1.165, 1.54) is 12.5 Å². The van der Waals surface area contributed by atoms with Crippen LogP contribution >= 0.6 is 12.4 Å². The van der Waals surface area contributed by atoms with Gasteiger partial charge in [-0.15, -0.1) is 12.4 Å². The van der Waals surface area contributed by atoms with Crippen LogP contribution in [0.5, 0.6) is 0 Å². The van der Waals surface area contributed by atoms with Gasteiger partial charge in [0.05, 0.1) is 6.33 Å². The van der Waals surface area contributed by atoms with Crippen molar-refractivity contribution in [2.75, 3.05) is 6.54 Å². The van der Waals surface area contributed by atoms with Crippen LogP contribution < -0.4 is 10.5 Å². The highest BCUT2D eigenvalue weighted by atomic mass is 35.5. The van der Waals surface area contributed by atoms with Gasteiger partial charge in [-0.3, -0.25) is 0 Å². The molecule has 16 heavy (non-hydrogen) atoms. The minimum Gasteiger partial charge on any atom is -0.336 e. The van der Waals surface area contributed by atoms with E-state index in [1.54, 1.807) is 11.5 Å². The Kier molecular flexibility index (Phi) is 5.95. The lowest BCUT2D eigenvalue weighted by Gasteiger charge is -2.09. The molecular weight excluding hydrogens is 252 g/mol. The molecular formula is C8H17ClN4O2S. The van der Waals surface area contributed by atoms with Gasteiger partial charge in [-0.05, 0) is 13.8 Å². The predicted octanol–water partition coefficient (Wildman–Crippen LogP) is -0.0497. The maximum absolute atomic E-state index is 11.7. The molecule has 3 N–H and O–H groups in total. The molecule has 0 aliphatic carbocycles. The molecule has 0 aliphatic rings. The Morgan fingerprint density at radius 1 is 1.62 bits per heavy atom. The molecule has 0 aliphatic heterocycles. The summed E-state index contributed by atoms with van der Waals surface area (Å²) in [5, 5.41) is 0.0321. The lowest BCUT2D eigenvalue weighted by molar-refractivity contribution is 0.559. The largest absolute Gasteiger partial charge is 0.336 e. The summed E-state index contributed by atoms with van der Waals surface area (Å²) < 4.78 is 27.5. The minimum absolute atomic E-state index is 0. The van der Waals surface area contributed by atoms with Gasteiger partial charge in [-0.2, -0.15) is 0 Å². The van der Waals surface area contributed by atoms with Crippen LogP contribution in [0.25, 0.3) is 0 Å². The number of rotatable bonds is 5. The van der Waals surface area contributed by atoms with E-state index in [0.29, 0.717) is 6.54 Å². The number of imidazole rings is 1. The molecule has 0 saturated carbocycles. The molecule has 1 atom stereocenters. The van der Waals surface area contributed by atoms with Crippen molar-refractivity contribution >= 4 is 22.4 Å². The molecule has 0 spiro atoms. The summed E-state index contributed by atoms with van der Waals surface area (Å²) in [6.45, 7) is 4.56. The summed E-state index contributed by atoms with van der Waals surface area (Å²) in [6, 6.07) is -0.290. The number of hydrogen-bond acceptors (Lipinski definition) is 4. The van der Waals surface area contributed by atoms with Gasteiger partial charge < -0.3 is 10.3 Å². The van der Waals surface area contributed by atoms with Crippen molar-refractivity contribution in [1.82, 2.24) is 14.3 Å². The molecule has 0 radical (unpaired) electrons. The number of halogens is 1. The standard InChI is InChI=1S/C8H16N4O2S.ClH/c1-3-12-5-8(10-6-12)15(13,14)11-7(2)4-9;/h5-7,11H,3-4,9H2,1-2H3;1H/t7-;/m0./s1.